The van der Waals surface area contributed by atoms with E-state index in [4.69, 9.17) is 35.3 Å². The summed E-state index contributed by atoms with van der Waals surface area (Å²) in [6.45, 7) is 15.6. The van der Waals surface area contributed by atoms with Gasteiger partial charge in [0, 0.05) is 97.1 Å². The van der Waals surface area contributed by atoms with Gasteiger partial charge in [-0.25, -0.2) is 19.2 Å². The molecule has 4 aliphatic heterocycles. The van der Waals surface area contributed by atoms with Crippen LogP contribution in [0.3, 0.4) is 0 Å². The van der Waals surface area contributed by atoms with E-state index in [0.29, 0.717) is 86.1 Å². The standard InChI is InChI=1S/C22H22N2O4.C21H19ClN2O3.C18H21N3O3.C17H18N4O4/c1-3-28-22(26)20-12-14-6-4-5-7-15(14)13-24(20)21(25)19-11-16-10-17(27-2)8-9-18(16)23-19;1-2-27-21(26)19-11-13-5-3-4-6-14(13)12-24(19)20(25)18-10-15-9-16(22)7-8-17(15)23-18;1-4-24-18(23)16-9-13-7-5-6-8-14(13)11-21(16)17(22)15-10-19-20(3)12(15)2;1-3-25-17(22)15-8-12-6-4-5-7-13(12)10-20(15)11(2)14-9-18-19-16(14)21(23)24/h4-11,20,23H,3,12-13H2,1-2H3;3-10,19,23H,2,11-12H2,1H3;5-8,10,16H,4,9,11H2,1-3H3;4-7,9,15H,2-3,8,10H2,1H3,(H,18,19). The zero-order chi connectivity index (χ0) is 73.9. The number of H-pyrrole nitrogens is 3. The first-order valence-electron chi connectivity index (χ1n) is 34.2. The number of rotatable bonds is 15. The van der Waals surface area contributed by atoms with E-state index in [9.17, 15) is 43.7 Å². The van der Waals surface area contributed by atoms with Crippen molar-refractivity contribution in [3.63, 3.8) is 0 Å². The number of ether oxygens (including phenoxy) is 5. The van der Waals surface area contributed by atoms with Crippen molar-refractivity contribution < 1.29 is 62.2 Å². The number of nitrogens with zero attached hydrogens (tertiary/aromatic N) is 8. The fraction of sp³-hybridized carbons (Fsp3) is 0.295. The summed E-state index contributed by atoms with van der Waals surface area (Å²) in [5.74, 6) is -1.63. The second-order valence-corrected chi connectivity index (χ2v) is 25.5. The lowest BCUT2D eigenvalue weighted by Gasteiger charge is -2.37. The summed E-state index contributed by atoms with van der Waals surface area (Å²) in [4.78, 5) is 113. The Kier molecular flexibility index (Phi) is 23.2. The molecule has 8 heterocycles. The van der Waals surface area contributed by atoms with Gasteiger partial charge in [-0.2, -0.15) is 5.10 Å². The minimum atomic E-state index is -0.637. The molecule has 4 atom stereocenters. The highest BCUT2D eigenvalue weighted by Crippen LogP contribution is 2.35. The molecule has 4 aromatic heterocycles. The molecule has 0 fully saturated rings. The molecule has 0 saturated heterocycles. The summed E-state index contributed by atoms with van der Waals surface area (Å²) in [6, 6.07) is 43.5. The third kappa shape index (κ3) is 16.1. The van der Waals surface area contributed by atoms with E-state index in [1.54, 1.807) is 96.6 Å². The Morgan fingerprint density at radius 2 is 0.894 bits per heavy atom. The molecule has 6 aromatic carbocycles. The molecule has 14 rings (SSSR count). The number of carbonyl (C=O) groups excluding carboxylic acids is 7. The van der Waals surface area contributed by atoms with Gasteiger partial charge >= 0.3 is 29.7 Å². The van der Waals surface area contributed by atoms with E-state index in [1.807, 2.05) is 128 Å². The molecule has 26 heteroatoms. The van der Waals surface area contributed by atoms with Crippen LogP contribution in [-0.2, 0) is 97.0 Å². The zero-order valence-corrected chi connectivity index (χ0v) is 59.4. The van der Waals surface area contributed by atoms with Crippen LogP contribution in [-0.4, -0.2) is 154 Å². The lowest BCUT2D eigenvalue weighted by atomic mass is 9.93. The monoisotopic (exact) mass is 1430 g/mol. The topological polar surface area (TPSA) is 300 Å². The highest BCUT2D eigenvalue weighted by Gasteiger charge is 2.41. The summed E-state index contributed by atoms with van der Waals surface area (Å²) in [5, 5.41) is 23.8. The first kappa shape index (κ1) is 73.4. The van der Waals surface area contributed by atoms with Crippen LogP contribution in [0.5, 0.6) is 5.75 Å². The summed E-state index contributed by atoms with van der Waals surface area (Å²) < 4.78 is 27.8. The number of carbonyl (C=O) groups is 7. The number of nitro groups is 1. The van der Waals surface area contributed by atoms with Crippen LogP contribution >= 0.6 is 11.6 Å². The Labute approximate surface area is 604 Å². The van der Waals surface area contributed by atoms with Crippen molar-refractivity contribution in [1.82, 2.24) is 49.5 Å². The van der Waals surface area contributed by atoms with Crippen LogP contribution in [0.15, 0.2) is 165 Å². The molecule has 0 spiro atoms. The number of fused-ring (bicyclic) bond motifs is 6. The number of esters is 4. The van der Waals surface area contributed by atoms with Crippen molar-refractivity contribution in [2.24, 2.45) is 7.05 Å². The van der Waals surface area contributed by atoms with E-state index < -0.39 is 29.1 Å². The van der Waals surface area contributed by atoms with Crippen LogP contribution in [0.1, 0.15) is 115 Å². The number of benzene rings is 6. The molecular formula is C78H80ClN11O14. The number of aromatic nitrogens is 6. The van der Waals surface area contributed by atoms with Crippen LogP contribution in [0.4, 0.5) is 5.82 Å². The quantitative estimate of drug-likeness (QED) is 0.0372. The maximum Gasteiger partial charge on any atom is 0.351 e. The summed E-state index contributed by atoms with van der Waals surface area (Å²) in [5.41, 5.74) is 13.0. The smallest absolute Gasteiger partial charge is 0.351 e. The molecule has 0 bridgehead atoms. The molecule has 3 amide bonds. The third-order valence-corrected chi connectivity index (χ3v) is 19.0. The van der Waals surface area contributed by atoms with Gasteiger partial charge in [-0.15, -0.1) is 5.10 Å². The molecule has 104 heavy (non-hydrogen) atoms. The van der Waals surface area contributed by atoms with Gasteiger partial charge in [0.1, 0.15) is 46.9 Å². The molecule has 0 saturated carbocycles. The second-order valence-electron chi connectivity index (χ2n) is 25.0. The minimum Gasteiger partial charge on any atom is -0.497 e. The zero-order valence-electron chi connectivity index (χ0n) is 58.7. The van der Waals surface area contributed by atoms with Crippen molar-refractivity contribution in [3.8, 4) is 5.75 Å². The number of hydrogen-bond donors (Lipinski definition) is 3. The number of nitrogens with one attached hydrogen (secondary N) is 3. The minimum absolute atomic E-state index is 0.187. The Balaban J connectivity index is 0.000000139. The third-order valence-electron chi connectivity index (χ3n) is 18.8. The summed E-state index contributed by atoms with van der Waals surface area (Å²) in [6.07, 6.45) is 4.74. The number of hydrogen-bond acceptors (Lipinski definition) is 17. The number of aryl methyl sites for hydroxylation is 1. The average Bonchev–Trinajstić information content (AvgIpc) is 1.41. The molecule has 3 N–H and O–H groups in total. The lowest BCUT2D eigenvalue weighted by Crippen LogP contribution is -2.49. The van der Waals surface area contributed by atoms with E-state index in [2.05, 4.69) is 31.8 Å². The van der Waals surface area contributed by atoms with Gasteiger partial charge in [-0.3, -0.25) is 19.1 Å². The number of aromatic amines is 3. The van der Waals surface area contributed by atoms with Gasteiger partial charge in [0.05, 0.1) is 51.5 Å². The summed E-state index contributed by atoms with van der Waals surface area (Å²) in [7, 11) is 3.40. The fourth-order valence-electron chi connectivity index (χ4n) is 13.3. The first-order valence-corrected chi connectivity index (χ1v) is 34.5. The maximum atomic E-state index is 13.3. The van der Waals surface area contributed by atoms with E-state index >= 15 is 0 Å². The molecule has 25 nitrogen and oxygen atoms in total. The van der Waals surface area contributed by atoms with Crippen molar-refractivity contribution in [2.75, 3.05) is 33.5 Å². The molecule has 10 aromatic rings. The van der Waals surface area contributed by atoms with Crippen LogP contribution in [0.2, 0.25) is 5.02 Å². The van der Waals surface area contributed by atoms with Gasteiger partial charge in [-0.05, 0) is 133 Å². The Hall–Kier alpha value is -11.9. The Morgan fingerprint density at radius 3 is 1.28 bits per heavy atom. The number of halogens is 1. The normalized spacial score (nSPS) is 16.2. The van der Waals surface area contributed by atoms with Gasteiger partial charge in [0.15, 0.2) is 0 Å². The molecule has 0 radical (unpaired) electrons. The maximum absolute atomic E-state index is 13.3. The molecule has 538 valence electrons. The molecule has 4 aliphatic rings. The molecular weight excluding hydrogens is 1350 g/mol. The lowest BCUT2D eigenvalue weighted by molar-refractivity contribution is -0.389. The highest BCUT2D eigenvalue weighted by molar-refractivity contribution is 6.31. The predicted octanol–water partition coefficient (Wildman–Crippen LogP) is 11.4. The highest BCUT2D eigenvalue weighted by atomic mass is 35.5. The molecule has 0 aliphatic carbocycles. The van der Waals surface area contributed by atoms with Crippen molar-refractivity contribution in [2.45, 2.75) is 111 Å². The van der Waals surface area contributed by atoms with Crippen molar-refractivity contribution in [3.05, 3.63) is 252 Å². The van der Waals surface area contributed by atoms with E-state index in [-0.39, 0.29) is 72.8 Å². The first-order chi connectivity index (χ1) is 50.2. The Morgan fingerprint density at radius 1 is 0.519 bits per heavy atom. The van der Waals surface area contributed by atoms with Crippen molar-refractivity contribution in [1.29, 1.82) is 0 Å². The number of amides is 3. The molecule has 4 unspecified atom stereocenters. The predicted molar refractivity (Wildman–Crippen MR) is 388 cm³/mol. The van der Waals surface area contributed by atoms with Gasteiger partial charge in [0.2, 0.25) is 0 Å². The summed E-state index contributed by atoms with van der Waals surface area (Å²) >= 11 is 6.04. The van der Waals surface area contributed by atoms with Crippen LogP contribution in [0.25, 0.3) is 27.5 Å². The van der Waals surface area contributed by atoms with Crippen molar-refractivity contribution >= 4 is 86.5 Å². The van der Waals surface area contributed by atoms with Gasteiger partial charge in [-0.1, -0.05) is 120 Å². The van der Waals surface area contributed by atoms with Gasteiger partial charge in [0.25, 0.3) is 17.7 Å². The largest absolute Gasteiger partial charge is 0.497 e. The van der Waals surface area contributed by atoms with E-state index in [0.717, 1.165) is 77.8 Å². The van der Waals surface area contributed by atoms with Crippen LogP contribution in [0, 0.1) is 17.0 Å². The van der Waals surface area contributed by atoms with Crippen LogP contribution < -0.4 is 4.74 Å². The number of methoxy groups -OCH3 is 1. The van der Waals surface area contributed by atoms with Gasteiger partial charge < -0.3 is 63.4 Å². The average molecular weight is 1430 g/mol. The van der Waals surface area contributed by atoms with E-state index in [1.165, 1.54) is 6.20 Å². The fourth-order valence-corrected chi connectivity index (χ4v) is 13.5. The SMILES string of the molecule is C=C(c1cn[nH]c1[N+](=O)[O-])N1Cc2ccccc2CC1C(=O)OCC.CCOC(=O)C1Cc2ccccc2CN1C(=O)c1cc2cc(Cl)ccc2[nH]1.CCOC(=O)C1Cc2ccccc2CN1C(=O)c1cc2cc(OC)ccc2[nH]1.CCOC(=O)C1Cc2ccccc2CN1C(=O)c1cnn(C)c1C. The second kappa shape index (κ2) is 32.9. The Bertz CT molecular complexity index is 4880.